The lowest BCUT2D eigenvalue weighted by molar-refractivity contribution is 0.0597. The third kappa shape index (κ3) is 3.82. The standard InChI is InChI=1S/C18H22FN3O2/c1-2-3-14-10-16(21-20-14)18(24)22(15-8-9-15)11-17(23)12-4-6-13(19)7-5-12/h4-7,10,15,17,23H,2-3,8-9,11H2,1H3,(H,20,21). The third-order valence-corrected chi connectivity index (χ3v) is 4.24. The molecule has 1 fully saturated rings. The summed E-state index contributed by atoms with van der Waals surface area (Å²) in [5.74, 6) is -0.515. The molecule has 128 valence electrons. The molecule has 0 bridgehead atoms. The molecule has 3 rings (SSSR count). The van der Waals surface area contributed by atoms with Gasteiger partial charge in [-0.1, -0.05) is 25.5 Å². The number of aromatic nitrogens is 2. The Morgan fingerprint density at radius 1 is 1.42 bits per heavy atom. The highest BCUT2D eigenvalue weighted by molar-refractivity contribution is 5.92. The van der Waals surface area contributed by atoms with Gasteiger partial charge in [0.15, 0.2) is 0 Å². The van der Waals surface area contributed by atoms with Gasteiger partial charge in [-0.25, -0.2) is 4.39 Å². The number of hydrogen-bond acceptors (Lipinski definition) is 3. The molecule has 1 saturated carbocycles. The number of H-pyrrole nitrogens is 1. The molecule has 1 atom stereocenters. The maximum absolute atomic E-state index is 13.0. The summed E-state index contributed by atoms with van der Waals surface area (Å²) in [5, 5.41) is 17.4. The minimum Gasteiger partial charge on any atom is -0.387 e. The van der Waals surface area contributed by atoms with Gasteiger partial charge in [-0.05, 0) is 43.0 Å². The highest BCUT2D eigenvalue weighted by Crippen LogP contribution is 2.30. The summed E-state index contributed by atoms with van der Waals surface area (Å²) < 4.78 is 13.0. The zero-order valence-corrected chi connectivity index (χ0v) is 13.7. The van der Waals surface area contributed by atoms with Crippen LogP contribution in [-0.2, 0) is 6.42 Å². The van der Waals surface area contributed by atoms with E-state index in [2.05, 4.69) is 17.1 Å². The highest BCUT2D eigenvalue weighted by Gasteiger charge is 2.35. The van der Waals surface area contributed by atoms with Gasteiger partial charge in [0.2, 0.25) is 0 Å². The first-order chi connectivity index (χ1) is 11.6. The molecule has 0 saturated heterocycles. The van der Waals surface area contributed by atoms with Gasteiger partial charge in [0.1, 0.15) is 11.5 Å². The molecule has 1 aromatic heterocycles. The van der Waals surface area contributed by atoms with Crippen LogP contribution >= 0.6 is 0 Å². The van der Waals surface area contributed by atoms with Crippen molar-refractivity contribution < 1.29 is 14.3 Å². The number of benzene rings is 1. The molecule has 5 nitrogen and oxygen atoms in total. The van der Waals surface area contributed by atoms with E-state index in [9.17, 15) is 14.3 Å². The van der Waals surface area contributed by atoms with E-state index >= 15 is 0 Å². The van der Waals surface area contributed by atoms with E-state index in [-0.39, 0.29) is 24.3 Å². The van der Waals surface area contributed by atoms with E-state index in [1.807, 2.05) is 0 Å². The topological polar surface area (TPSA) is 69.2 Å². The molecule has 1 aromatic carbocycles. The molecule has 1 amide bonds. The first-order valence-corrected chi connectivity index (χ1v) is 8.37. The quantitative estimate of drug-likeness (QED) is 0.820. The molecular weight excluding hydrogens is 309 g/mol. The SMILES string of the molecule is CCCc1cc(C(=O)N(CC(O)c2ccc(F)cc2)C2CC2)n[nH]1. The lowest BCUT2D eigenvalue weighted by atomic mass is 10.1. The smallest absolute Gasteiger partial charge is 0.274 e. The average molecular weight is 331 g/mol. The fourth-order valence-corrected chi connectivity index (χ4v) is 2.78. The summed E-state index contributed by atoms with van der Waals surface area (Å²) in [6.45, 7) is 2.25. The van der Waals surface area contributed by atoms with Crippen molar-refractivity contribution in [3.63, 3.8) is 0 Å². The lowest BCUT2D eigenvalue weighted by Crippen LogP contribution is -2.36. The number of aryl methyl sites for hydroxylation is 1. The predicted molar refractivity (Wildman–Crippen MR) is 88.0 cm³/mol. The molecule has 1 unspecified atom stereocenters. The molecule has 0 spiro atoms. The maximum atomic E-state index is 13.0. The van der Waals surface area contributed by atoms with Crippen LogP contribution in [0.1, 0.15) is 54.0 Å². The Morgan fingerprint density at radius 2 is 2.12 bits per heavy atom. The van der Waals surface area contributed by atoms with Gasteiger partial charge in [-0.3, -0.25) is 9.89 Å². The van der Waals surface area contributed by atoms with E-state index in [1.165, 1.54) is 12.1 Å². The minimum atomic E-state index is -0.843. The van der Waals surface area contributed by atoms with Crippen LogP contribution in [0.15, 0.2) is 30.3 Å². The van der Waals surface area contributed by atoms with Gasteiger partial charge in [0, 0.05) is 11.7 Å². The number of aliphatic hydroxyl groups is 1. The van der Waals surface area contributed by atoms with Crippen molar-refractivity contribution >= 4 is 5.91 Å². The second-order valence-electron chi connectivity index (χ2n) is 6.28. The first-order valence-electron chi connectivity index (χ1n) is 8.37. The molecule has 0 aliphatic heterocycles. The average Bonchev–Trinajstić information content (AvgIpc) is 3.31. The van der Waals surface area contributed by atoms with Crippen molar-refractivity contribution in [1.82, 2.24) is 15.1 Å². The Labute approximate surface area is 140 Å². The summed E-state index contributed by atoms with van der Waals surface area (Å²) in [5.41, 5.74) is 1.93. The number of nitrogens with one attached hydrogen (secondary N) is 1. The van der Waals surface area contributed by atoms with Crippen LogP contribution in [0.2, 0.25) is 0 Å². The summed E-state index contributed by atoms with van der Waals surface area (Å²) >= 11 is 0. The second kappa shape index (κ2) is 7.13. The Balaban J connectivity index is 1.71. The highest BCUT2D eigenvalue weighted by atomic mass is 19.1. The number of aromatic amines is 1. The first kappa shape index (κ1) is 16.6. The summed E-state index contributed by atoms with van der Waals surface area (Å²) in [6.07, 6.45) is 2.86. The Morgan fingerprint density at radius 3 is 2.75 bits per heavy atom. The van der Waals surface area contributed by atoms with Crippen molar-refractivity contribution in [2.75, 3.05) is 6.54 Å². The summed E-state index contributed by atoms with van der Waals surface area (Å²) in [7, 11) is 0. The van der Waals surface area contributed by atoms with E-state index in [0.29, 0.717) is 11.3 Å². The number of aliphatic hydroxyl groups excluding tert-OH is 1. The molecule has 1 aliphatic rings. The number of halogens is 1. The summed E-state index contributed by atoms with van der Waals surface area (Å²) in [4.78, 5) is 14.4. The maximum Gasteiger partial charge on any atom is 0.274 e. The summed E-state index contributed by atoms with van der Waals surface area (Å²) in [6, 6.07) is 7.65. The van der Waals surface area contributed by atoms with Crippen LogP contribution in [0.25, 0.3) is 0 Å². The molecule has 6 heteroatoms. The van der Waals surface area contributed by atoms with Gasteiger partial charge in [-0.15, -0.1) is 0 Å². The molecule has 1 aliphatic carbocycles. The van der Waals surface area contributed by atoms with E-state index in [4.69, 9.17) is 0 Å². The van der Waals surface area contributed by atoms with Crippen molar-refractivity contribution in [2.45, 2.75) is 44.8 Å². The number of hydrogen-bond donors (Lipinski definition) is 2. The van der Waals surface area contributed by atoms with Gasteiger partial charge < -0.3 is 10.0 Å². The van der Waals surface area contributed by atoms with Crippen molar-refractivity contribution in [1.29, 1.82) is 0 Å². The van der Waals surface area contributed by atoms with E-state index < -0.39 is 6.10 Å². The molecule has 2 N–H and O–H groups in total. The monoisotopic (exact) mass is 331 g/mol. The van der Waals surface area contributed by atoms with Crippen molar-refractivity contribution in [3.8, 4) is 0 Å². The molecular formula is C18H22FN3O2. The third-order valence-electron chi connectivity index (χ3n) is 4.24. The van der Waals surface area contributed by atoms with Crippen molar-refractivity contribution in [3.05, 3.63) is 53.1 Å². The van der Waals surface area contributed by atoms with Gasteiger partial charge >= 0.3 is 0 Å². The van der Waals surface area contributed by atoms with Crippen LogP contribution in [-0.4, -0.2) is 38.7 Å². The van der Waals surface area contributed by atoms with Crippen LogP contribution in [0.5, 0.6) is 0 Å². The largest absolute Gasteiger partial charge is 0.387 e. The lowest BCUT2D eigenvalue weighted by Gasteiger charge is -2.24. The van der Waals surface area contributed by atoms with Crippen molar-refractivity contribution in [2.24, 2.45) is 0 Å². The molecule has 1 heterocycles. The van der Waals surface area contributed by atoms with E-state index in [0.717, 1.165) is 31.4 Å². The number of amides is 1. The van der Waals surface area contributed by atoms with Crippen LogP contribution in [0.3, 0.4) is 0 Å². The Bertz CT molecular complexity index is 695. The number of carbonyl (C=O) groups is 1. The predicted octanol–water partition coefficient (Wildman–Crippen LogP) is 2.84. The van der Waals surface area contributed by atoms with E-state index in [1.54, 1.807) is 23.1 Å². The van der Waals surface area contributed by atoms with Crippen LogP contribution in [0.4, 0.5) is 4.39 Å². The molecule has 24 heavy (non-hydrogen) atoms. The molecule has 0 radical (unpaired) electrons. The van der Waals surface area contributed by atoms with Gasteiger partial charge in [0.25, 0.3) is 5.91 Å². The number of carbonyl (C=O) groups excluding carboxylic acids is 1. The zero-order valence-electron chi connectivity index (χ0n) is 13.7. The normalized spacial score (nSPS) is 15.3. The Kier molecular flexibility index (Phi) is 4.94. The van der Waals surface area contributed by atoms with Crippen LogP contribution in [0, 0.1) is 5.82 Å². The zero-order chi connectivity index (χ0) is 17.1. The molecule has 2 aromatic rings. The minimum absolute atomic E-state index is 0.152. The number of rotatable bonds is 7. The fourth-order valence-electron chi connectivity index (χ4n) is 2.78. The van der Waals surface area contributed by atoms with Gasteiger partial charge in [0.05, 0.1) is 12.6 Å². The van der Waals surface area contributed by atoms with Crippen LogP contribution < -0.4 is 0 Å². The Hall–Kier alpha value is -2.21. The number of nitrogens with zero attached hydrogens (tertiary/aromatic N) is 2. The second-order valence-corrected chi connectivity index (χ2v) is 6.28. The van der Waals surface area contributed by atoms with Gasteiger partial charge in [-0.2, -0.15) is 5.10 Å². The fraction of sp³-hybridized carbons (Fsp3) is 0.444.